The van der Waals surface area contributed by atoms with Crippen molar-refractivity contribution in [3.63, 3.8) is 0 Å². The lowest BCUT2D eigenvalue weighted by Gasteiger charge is -2.36. The molecule has 0 saturated carbocycles. The molecular formula is C8H15N3O4. The van der Waals surface area contributed by atoms with Gasteiger partial charge in [0.1, 0.15) is 0 Å². The molecule has 0 fully saturated rings. The fourth-order valence-electron chi connectivity index (χ4n) is 1.18. The molecule has 0 radical (unpaired) electrons. The van der Waals surface area contributed by atoms with Crippen LogP contribution in [0.3, 0.4) is 0 Å². The number of amides is 3. The first-order chi connectivity index (χ1) is 6.59. The lowest BCUT2D eigenvalue weighted by Crippen LogP contribution is -2.60. The molecule has 0 unspecified atom stereocenters. The normalized spacial score (nSPS) is 11.2. The van der Waals surface area contributed by atoms with Crippen LogP contribution < -0.4 is 11.5 Å². The Labute approximate surface area is 87.0 Å². The Kier molecular flexibility index (Phi) is 3.66. The molecule has 0 aliphatic heterocycles. The van der Waals surface area contributed by atoms with Crippen molar-refractivity contribution in [1.29, 1.82) is 0 Å². The molecule has 0 heterocycles. The highest BCUT2D eigenvalue weighted by Gasteiger charge is 2.39. The van der Waals surface area contributed by atoms with E-state index in [0.29, 0.717) is 4.90 Å². The summed E-state index contributed by atoms with van der Waals surface area (Å²) in [4.78, 5) is 33.4. The number of rotatable bonds is 3. The van der Waals surface area contributed by atoms with Crippen molar-refractivity contribution in [3.8, 4) is 0 Å². The van der Waals surface area contributed by atoms with Gasteiger partial charge in [0.05, 0.1) is 0 Å². The van der Waals surface area contributed by atoms with Gasteiger partial charge in [0.15, 0.2) is 6.04 Å². The molecule has 0 atom stereocenters. The van der Waals surface area contributed by atoms with Crippen LogP contribution in [0.1, 0.15) is 20.8 Å². The Morgan fingerprint density at radius 2 is 1.47 bits per heavy atom. The van der Waals surface area contributed by atoms with Crippen LogP contribution in [0.2, 0.25) is 0 Å². The van der Waals surface area contributed by atoms with Crippen molar-refractivity contribution < 1.29 is 19.5 Å². The Morgan fingerprint density at radius 3 is 1.53 bits per heavy atom. The van der Waals surface area contributed by atoms with Crippen molar-refractivity contribution in [2.45, 2.75) is 32.4 Å². The molecule has 5 N–H and O–H groups in total. The van der Waals surface area contributed by atoms with Gasteiger partial charge in [-0.25, -0.2) is 4.79 Å². The number of hydrogen-bond acceptors (Lipinski definition) is 3. The van der Waals surface area contributed by atoms with Crippen LogP contribution in [0.15, 0.2) is 0 Å². The molecular weight excluding hydrogens is 202 g/mol. The summed E-state index contributed by atoms with van der Waals surface area (Å²) in [5.74, 6) is -2.17. The number of carboxylic acid groups (broad SMARTS) is 1. The largest absolute Gasteiger partial charge is 0.465 e. The van der Waals surface area contributed by atoms with Gasteiger partial charge in [-0.05, 0) is 20.8 Å². The first kappa shape index (κ1) is 13.2. The topological polar surface area (TPSA) is 127 Å². The third kappa shape index (κ3) is 3.12. The third-order valence-corrected chi connectivity index (χ3v) is 1.73. The molecule has 0 aromatic rings. The fourth-order valence-corrected chi connectivity index (χ4v) is 1.18. The van der Waals surface area contributed by atoms with Gasteiger partial charge in [0.25, 0.3) is 0 Å². The predicted molar refractivity (Wildman–Crippen MR) is 51.8 cm³/mol. The molecule has 0 bridgehead atoms. The average Bonchev–Trinajstić information content (AvgIpc) is 1.94. The Hall–Kier alpha value is -1.79. The summed E-state index contributed by atoms with van der Waals surface area (Å²) in [7, 11) is 0. The number of nitrogens with zero attached hydrogens (tertiary/aromatic N) is 1. The second-order valence-corrected chi connectivity index (χ2v) is 4.03. The van der Waals surface area contributed by atoms with Gasteiger partial charge < -0.3 is 16.6 Å². The highest BCUT2D eigenvalue weighted by molar-refractivity contribution is 6.05. The predicted octanol–water partition coefficient (Wildman–Crippen LogP) is -0.896. The summed E-state index contributed by atoms with van der Waals surface area (Å²) < 4.78 is 0. The van der Waals surface area contributed by atoms with Crippen molar-refractivity contribution in [2.24, 2.45) is 11.5 Å². The molecule has 15 heavy (non-hydrogen) atoms. The van der Waals surface area contributed by atoms with Gasteiger partial charge in [0.2, 0.25) is 11.8 Å². The average molecular weight is 217 g/mol. The van der Waals surface area contributed by atoms with E-state index < -0.39 is 29.5 Å². The van der Waals surface area contributed by atoms with E-state index in [4.69, 9.17) is 16.6 Å². The number of carbonyl (C=O) groups excluding carboxylic acids is 2. The second kappa shape index (κ2) is 4.16. The first-order valence-electron chi connectivity index (χ1n) is 4.20. The van der Waals surface area contributed by atoms with Gasteiger partial charge in [0, 0.05) is 5.54 Å². The summed E-state index contributed by atoms with van der Waals surface area (Å²) in [5.41, 5.74) is 8.91. The second-order valence-electron chi connectivity index (χ2n) is 4.03. The standard InChI is InChI=1S/C8H15N3O4/c1-8(2,3)11(7(14)15)4(5(9)12)6(10)13/h4H,1-3H3,(H2,9,12)(H2,10,13)(H,14,15). The SMILES string of the molecule is CC(C)(C)N(C(=O)O)C(C(N)=O)C(N)=O. The third-order valence-electron chi connectivity index (χ3n) is 1.73. The van der Waals surface area contributed by atoms with Gasteiger partial charge in [-0.1, -0.05) is 0 Å². The van der Waals surface area contributed by atoms with E-state index in [9.17, 15) is 14.4 Å². The molecule has 0 rings (SSSR count). The van der Waals surface area contributed by atoms with Gasteiger partial charge >= 0.3 is 6.09 Å². The van der Waals surface area contributed by atoms with Crippen molar-refractivity contribution in [2.75, 3.05) is 0 Å². The number of carbonyl (C=O) groups is 3. The van der Waals surface area contributed by atoms with E-state index in [1.807, 2.05) is 0 Å². The lowest BCUT2D eigenvalue weighted by molar-refractivity contribution is -0.135. The number of primary amides is 2. The van der Waals surface area contributed by atoms with Crippen LogP contribution in [-0.2, 0) is 9.59 Å². The zero-order valence-corrected chi connectivity index (χ0v) is 8.85. The quantitative estimate of drug-likeness (QED) is 0.529. The summed E-state index contributed by atoms with van der Waals surface area (Å²) in [5, 5.41) is 8.89. The van der Waals surface area contributed by atoms with Crippen LogP contribution in [-0.4, -0.2) is 39.5 Å². The highest BCUT2D eigenvalue weighted by atomic mass is 16.4. The summed E-state index contributed by atoms with van der Waals surface area (Å²) in [6, 6.07) is -1.65. The molecule has 7 nitrogen and oxygen atoms in total. The van der Waals surface area contributed by atoms with E-state index in [1.54, 1.807) is 0 Å². The van der Waals surface area contributed by atoms with Gasteiger partial charge in [-0.2, -0.15) is 0 Å². The van der Waals surface area contributed by atoms with E-state index in [0.717, 1.165) is 0 Å². The van der Waals surface area contributed by atoms with E-state index >= 15 is 0 Å². The van der Waals surface area contributed by atoms with Crippen LogP contribution in [0, 0.1) is 0 Å². The van der Waals surface area contributed by atoms with E-state index in [1.165, 1.54) is 20.8 Å². The molecule has 0 aromatic heterocycles. The maximum Gasteiger partial charge on any atom is 0.408 e. The van der Waals surface area contributed by atoms with Crippen molar-refractivity contribution in [3.05, 3.63) is 0 Å². The Morgan fingerprint density at radius 1 is 1.13 bits per heavy atom. The molecule has 0 aliphatic carbocycles. The van der Waals surface area contributed by atoms with Crippen LogP contribution >= 0.6 is 0 Å². The zero-order valence-electron chi connectivity index (χ0n) is 8.85. The molecule has 0 saturated heterocycles. The molecule has 3 amide bonds. The minimum atomic E-state index is -1.65. The summed E-state index contributed by atoms with van der Waals surface area (Å²) in [6.45, 7) is 4.58. The van der Waals surface area contributed by atoms with Gasteiger partial charge in [-0.15, -0.1) is 0 Å². The molecule has 0 aliphatic rings. The van der Waals surface area contributed by atoms with Crippen LogP contribution in [0.5, 0.6) is 0 Å². The number of nitrogens with two attached hydrogens (primary N) is 2. The van der Waals surface area contributed by atoms with Crippen molar-refractivity contribution >= 4 is 17.9 Å². The summed E-state index contributed by atoms with van der Waals surface area (Å²) in [6.07, 6.45) is -1.43. The van der Waals surface area contributed by atoms with Crippen LogP contribution in [0.4, 0.5) is 4.79 Å². The highest BCUT2D eigenvalue weighted by Crippen LogP contribution is 2.17. The maximum absolute atomic E-state index is 10.9. The summed E-state index contributed by atoms with van der Waals surface area (Å²) >= 11 is 0. The first-order valence-corrected chi connectivity index (χ1v) is 4.20. The smallest absolute Gasteiger partial charge is 0.408 e. The molecule has 86 valence electrons. The minimum absolute atomic E-state index is 0.637. The lowest BCUT2D eigenvalue weighted by atomic mass is 10.0. The number of hydrogen-bond donors (Lipinski definition) is 3. The van der Waals surface area contributed by atoms with Crippen molar-refractivity contribution in [1.82, 2.24) is 4.90 Å². The van der Waals surface area contributed by atoms with E-state index in [-0.39, 0.29) is 0 Å². The van der Waals surface area contributed by atoms with Crippen LogP contribution in [0.25, 0.3) is 0 Å². The molecule has 0 aromatic carbocycles. The fraction of sp³-hybridized carbons (Fsp3) is 0.625. The molecule has 7 heteroatoms. The Bertz CT molecular complexity index is 281. The molecule has 0 spiro atoms. The minimum Gasteiger partial charge on any atom is -0.465 e. The maximum atomic E-state index is 10.9. The Balaban J connectivity index is 5.31. The zero-order chi connectivity index (χ0) is 12.4. The van der Waals surface area contributed by atoms with E-state index in [2.05, 4.69) is 0 Å². The van der Waals surface area contributed by atoms with Gasteiger partial charge in [-0.3, -0.25) is 14.5 Å². The monoisotopic (exact) mass is 217 g/mol.